The number of ether oxygens (including phenoxy) is 1. The predicted molar refractivity (Wildman–Crippen MR) is 78.5 cm³/mol. The SMILES string of the molecule is C=C(C)C(=O)OCCCCCCCCCCO[P+](=O)O. The van der Waals surface area contributed by atoms with Gasteiger partial charge in [-0.25, -0.2) is 4.79 Å². The summed E-state index contributed by atoms with van der Waals surface area (Å²) in [4.78, 5) is 19.5. The number of hydrogen-bond donors (Lipinski definition) is 1. The van der Waals surface area contributed by atoms with Crippen LogP contribution in [-0.2, 0) is 18.6 Å². The van der Waals surface area contributed by atoms with E-state index in [1.807, 2.05) is 0 Å². The van der Waals surface area contributed by atoms with Gasteiger partial charge in [-0.3, -0.25) is 0 Å². The van der Waals surface area contributed by atoms with Crippen molar-refractivity contribution in [2.24, 2.45) is 0 Å². The van der Waals surface area contributed by atoms with Crippen LogP contribution >= 0.6 is 8.25 Å². The first-order chi connectivity index (χ1) is 9.54. The molecule has 0 saturated carbocycles. The van der Waals surface area contributed by atoms with Crippen molar-refractivity contribution < 1.29 is 23.5 Å². The van der Waals surface area contributed by atoms with Crippen molar-refractivity contribution in [3.63, 3.8) is 0 Å². The number of esters is 1. The number of carbonyl (C=O) groups is 1. The van der Waals surface area contributed by atoms with Crippen LogP contribution in [0.5, 0.6) is 0 Å². The van der Waals surface area contributed by atoms with Crippen molar-refractivity contribution in [1.82, 2.24) is 0 Å². The molecule has 0 aliphatic carbocycles. The molecule has 0 heterocycles. The second-order valence-corrected chi connectivity index (χ2v) is 5.55. The molecule has 0 spiro atoms. The minimum atomic E-state index is -2.44. The fraction of sp³-hybridized carbons (Fsp3) is 0.786. The molecule has 0 aromatic rings. The van der Waals surface area contributed by atoms with Gasteiger partial charge in [0, 0.05) is 10.1 Å². The van der Waals surface area contributed by atoms with E-state index in [0.29, 0.717) is 18.8 Å². The summed E-state index contributed by atoms with van der Waals surface area (Å²) in [5.74, 6) is -0.308. The molecule has 1 atom stereocenters. The normalized spacial score (nSPS) is 11.2. The zero-order chi connectivity index (χ0) is 15.2. The predicted octanol–water partition coefficient (Wildman–Crippen LogP) is 3.89. The number of unbranched alkanes of at least 4 members (excludes halogenated alkanes) is 7. The number of rotatable bonds is 13. The minimum Gasteiger partial charge on any atom is -0.462 e. The van der Waals surface area contributed by atoms with Crippen molar-refractivity contribution in [3.8, 4) is 0 Å². The molecule has 0 amide bonds. The van der Waals surface area contributed by atoms with Crippen molar-refractivity contribution in [2.45, 2.75) is 58.3 Å². The highest BCUT2D eigenvalue weighted by atomic mass is 31.1. The van der Waals surface area contributed by atoms with E-state index in [-0.39, 0.29) is 5.97 Å². The Morgan fingerprint density at radius 1 is 1.00 bits per heavy atom. The Morgan fingerprint density at radius 2 is 1.45 bits per heavy atom. The molecular weight excluding hydrogens is 279 g/mol. The van der Waals surface area contributed by atoms with Crippen molar-refractivity contribution >= 4 is 14.2 Å². The van der Waals surface area contributed by atoms with Gasteiger partial charge < -0.3 is 4.74 Å². The molecule has 20 heavy (non-hydrogen) atoms. The highest BCUT2D eigenvalue weighted by Gasteiger charge is 2.09. The molecule has 0 aromatic heterocycles. The van der Waals surface area contributed by atoms with E-state index in [2.05, 4.69) is 11.1 Å². The first kappa shape index (κ1) is 19.2. The van der Waals surface area contributed by atoms with Gasteiger partial charge in [-0.1, -0.05) is 45.1 Å². The van der Waals surface area contributed by atoms with E-state index >= 15 is 0 Å². The average molecular weight is 305 g/mol. The molecule has 0 bridgehead atoms. The van der Waals surface area contributed by atoms with Gasteiger partial charge in [0.05, 0.1) is 6.61 Å². The first-order valence-corrected chi connectivity index (χ1v) is 8.28. The standard InChI is InChI=1S/C14H25O5P/c1-13(2)14(15)18-11-9-7-5-3-4-6-8-10-12-19-20(16)17/h1,3-12H2,2H3/p+1. The molecule has 0 radical (unpaired) electrons. The third kappa shape index (κ3) is 13.7. The van der Waals surface area contributed by atoms with Gasteiger partial charge in [0.2, 0.25) is 0 Å². The highest BCUT2D eigenvalue weighted by Crippen LogP contribution is 2.15. The van der Waals surface area contributed by atoms with E-state index in [9.17, 15) is 9.36 Å². The van der Waals surface area contributed by atoms with Gasteiger partial charge in [-0.05, 0) is 19.8 Å². The molecule has 6 heteroatoms. The quantitative estimate of drug-likeness (QED) is 0.242. The van der Waals surface area contributed by atoms with E-state index in [1.54, 1.807) is 6.92 Å². The van der Waals surface area contributed by atoms with E-state index in [1.165, 1.54) is 6.42 Å². The maximum absolute atomic E-state index is 11.1. The summed E-state index contributed by atoms with van der Waals surface area (Å²) in [7, 11) is -2.44. The van der Waals surface area contributed by atoms with Crippen LogP contribution in [0.25, 0.3) is 0 Å². The van der Waals surface area contributed by atoms with Crippen LogP contribution in [0, 0.1) is 0 Å². The molecule has 0 aliphatic heterocycles. The van der Waals surface area contributed by atoms with Crippen LogP contribution in [0.3, 0.4) is 0 Å². The van der Waals surface area contributed by atoms with Gasteiger partial charge in [0.25, 0.3) is 0 Å². The summed E-state index contributed by atoms with van der Waals surface area (Å²) in [5, 5.41) is 0. The topological polar surface area (TPSA) is 72.8 Å². The Morgan fingerprint density at radius 3 is 1.90 bits per heavy atom. The van der Waals surface area contributed by atoms with Crippen LogP contribution < -0.4 is 0 Å². The third-order valence-electron chi connectivity index (χ3n) is 2.82. The second-order valence-electron chi connectivity index (χ2n) is 4.82. The van der Waals surface area contributed by atoms with Gasteiger partial charge in [0.15, 0.2) is 0 Å². The summed E-state index contributed by atoms with van der Waals surface area (Å²) in [5.41, 5.74) is 0.444. The van der Waals surface area contributed by atoms with Crippen molar-refractivity contribution in [2.75, 3.05) is 13.2 Å². The minimum absolute atomic E-state index is 0.308. The Balaban J connectivity index is 3.12. The molecule has 0 aliphatic rings. The monoisotopic (exact) mass is 305 g/mol. The first-order valence-electron chi connectivity index (χ1n) is 7.15. The van der Waals surface area contributed by atoms with Crippen LogP contribution in [-0.4, -0.2) is 24.1 Å². The van der Waals surface area contributed by atoms with Crippen molar-refractivity contribution in [3.05, 3.63) is 12.2 Å². The number of carbonyl (C=O) groups excluding carboxylic acids is 1. The molecule has 0 rings (SSSR count). The molecular formula is C14H26O5P+. The molecule has 5 nitrogen and oxygen atoms in total. The van der Waals surface area contributed by atoms with Gasteiger partial charge >= 0.3 is 14.2 Å². The Kier molecular flexibility index (Phi) is 12.7. The average Bonchev–Trinajstić information content (AvgIpc) is 2.39. The Bertz CT molecular complexity index is 304. The largest absolute Gasteiger partial charge is 0.694 e. The molecule has 1 N–H and O–H groups in total. The third-order valence-corrected chi connectivity index (χ3v) is 3.23. The zero-order valence-corrected chi connectivity index (χ0v) is 13.2. The smallest absolute Gasteiger partial charge is 0.462 e. The zero-order valence-electron chi connectivity index (χ0n) is 12.3. The number of hydrogen-bond acceptors (Lipinski definition) is 4. The summed E-state index contributed by atoms with van der Waals surface area (Å²) < 4.78 is 19.8. The summed E-state index contributed by atoms with van der Waals surface area (Å²) in [6.45, 7) is 6.00. The second kappa shape index (κ2) is 13.2. The fourth-order valence-electron chi connectivity index (χ4n) is 1.70. The van der Waals surface area contributed by atoms with Crippen molar-refractivity contribution in [1.29, 1.82) is 0 Å². The van der Waals surface area contributed by atoms with Gasteiger partial charge in [-0.15, -0.1) is 9.42 Å². The van der Waals surface area contributed by atoms with Crippen LogP contribution in [0.4, 0.5) is 0 Å². The van der Waals surface area contributed by atoms with Gasteiger partial charge in [-0.2, -0.15) is 0 Å². The maximum atomic E-state index is 11.1. The van der Waals surface area contributed by atoms with E-state index in [4.69, 9.17) is 9.63 Å². The van der Waals surface area contributed by atoms with Crippen LogP contribution in [0.2, 0.25) is 0 Å². The molecule has 1 unspecified atom stereocenters. The maximum Gasteiger partial charge on any atom is 0.694 e. The molecule has 0 saturated heterocycles. The summed E-state index contributed by atoms with van der Waals surface area (Å²) in [6, 6.07) is 0. The molecule has 0 fully saturated rings. The fourth-order valence-corrected chi connectivity index (χ4v) is 1.98. The van der Waals surface area contributed by atoms with E-state index < -0.39 is 8.25 Å². The summed E-state index contributed by atoms with van der Waals surface area (Å²) in [6.07, 6.45) is 8.42. The Hall–Kier alpha value is -0.770. The lowest BCUT2D eigenvalue weighted by molar-refractivity contribution is -0.139. The van der Waals surface area contributed by atoms with Crippen LogP contribution in [0.15, 0.2) is 12.2 Å². The van der Waals surface area contributed by atoms with Gasteiger partial charge in [0.1, 0.15) is 6.61 Å². The lowest BCUT2D eigenvalue weighted by atomic mass is 10.1. The van der Waals surface area contributed by atoms with E-state index in [0.717, 1.165) is 44.9 Å². The Labute approximate surface area is 122 Å². The van der Waals surface area contributed by atoms with Crippen LogP contribution in [0.1, 0.15) is 58.3 Å². The highest BCUT2D eigenvalue weighted by molar-refractivity contribution is 7.32. The lowest BCUT2D eigenvalue weighted by Gasteiger charge is -2.04. The molecule has 0 aromatic carbocycles. The lowest BCUT2D eigenvalue weighted by Crippen LogP contribution is -2.05. The molecule has 116 valence electrons. The summed E-state index contributed by atoms with van der Waals surface area (Å²) >= 11 is 0.